The monoisotopic (exact) mass is 210 g/mol. The molecular weight excluding hydrogens is 200 g/mol. The van der Waals surface area contributed by atoms with Crippen molar-refractivity contribution in [3.8, 4) is 11.5 Å². The molecule has 5 heteroatoms. The SMILES string of the molecule is COc1cc(C=O)ccc1O.O=CC=O. The van der Waals surface area contributed by atoms with Crippen molar-refractivity contribution in [2.45, 2.75) is 0 Å². The Kier molecular flexibility index (Phi) is 6.20. The van der Waals surface area contributed by atoms with Crippen LogP contribution < -0.4 is 4.74 Å². The van der Waals surface area contributed by atoms with Gasteiger partial charge in [0.2, 0.25) is 0 Å². The minimum Gasteiger partial charge on any atom is -0.504 e. The minimum atomic E-state index is 0.0399. The fourth-order valence-corrected chi connectivity index (χ4v) is 0.768. The molecule has 0 aliphatic heterocycles. The first-order valence-electron chi connectivity index (χ1n) is 3.90. The molecule has 0 aromatic heterocycles. The summed E-state index contributed by atoms with van der Waals surface area (Å²) in [5.41, 5.74) is 0.486. The summed E-state index contributed by atoms with van der Waals surface area (Å²) >= 11 is 0. The molecular formula is C10H10O5. The third-order valence-electron chi connectivity index (χ3n) is 1.40. The van der Waals surface area contributed by atoms with Gasteiger partial charge < -0.3 is 9.84 Å². The van der Waals surface area contributed by atoms with Crippen molar-refractivity contribution < 1.29 is 24.2 Å². The molecule has 1 N–H and O–H groups in total. The number of hydrogen-bond acceptors (Lipinski definition) is 5. The van der Waals surface area contributed by atoms with E-state index in [1.807, 2.05) is 0 Å². The maximum atomic E-state index is 10.2. The van der Waals surface area contributed by atoms with Crippen molar-refractivity contribution in [3.05, 3.63) is 23.8 Å². The second-order valence-corrected chi connectivity index (χ2v) is 2.32. The molecule has 15 heavy (non-hydrogen) atoms. The summed E-state index contributed by atoms with van der Waals surface area (Å²) in [5.74, 6) is 0.354. The van der Waals surface area contributed by atoms with Gasteiger partial charge >= 0.3 is 0 Å². The molecule has 0 aliphatic rings. The van der Waals surface area contributed by atoms with Crippen molar-refractivity contribution in [1.82, 2.24) is 0 Å². The molecule has 0 saturated carbocycles. The zero-order valence-electron chi connectivity index (χ0n) is 8.04. The van der Waals surface area contributed by atoms with E-state index in [2.05, 4.69) is 0 Å². The van der Waals surface area contributed by atoms with E-state index in [1.165, 1.54) is 25.3 Å². The summed E-state index contributed by atoms with van der Waals surface area (Å²) in [6.07, 6.45) is 1.09. The van der Waals surface area contributed by atoms with Crippen LogP contribution in [0.15, 0.2) is 18.2 Å². The highest BCUT2D eigenvalue weighted by atomic mass is 16.5. The van der Waals surface area contributed by atoms with E-state index in [4.69, 9.17) is 19.4 Å². The molecule has 0 bridgehead atoms. The number of aldehydes is 3. The standard InChI is InChI=1S/C8H8O3.C2H2O2/c1-11-8-4-6(5-9)2-3-7(8)10;3-1-2-4/h2-5,10H,1H3;1-2H. The summed E-state index contributed by atoms with van der Waals surface area (Å²) in [7, 11) is 1.43. The van der Waals surface area contributed by atoms with Crippen LogP contribution in [-0.4, -0.2) is 31.1 Å². The van der Waals surface area contributed by atoms with Crippen LogP contribution in [0.2, 0.25) is 0 Å². The fourth-order valence-electron chi connectivity index (χ4n) is 0.768. The van der Waals surface area contributed by atoms with E-state index in [9.17, 15) is 4.79 Å². The van der Waals surface area contributed by atoms with Gasteiger partial charge in [0.05, 0.1) is 7.11 Å². The Balaban J connectivity index is 0.000000423. The number of ether oxygens (including phenoxy) is 1. The Morgan fingerprint density at radius 3 is 2.20 bits per heavy atom. The number of aromatic hydroxyl groups is 1. The Morgan fingerprint density at radius 1 is 1.20 bits per heavy atom. The second-order valence-electron chi connectivity index (χ2n) is 2.32. The lowest BCUT2D eigenvalue weighted by atomic mass is 10.2. The lowest BCUT2D eigenvalue weighted by Crippen LogP contribution is -1.85. The molecule has 0 spiro atoms. The highest BCUT2D eigenvalue weighted by molar-refractivity contribution is 6.09. The average Bonchev–Trinajstić information content (AvgIpc) is 2.30. The normalized spacial score (nSPS) is 8.07. The average molecular weight is 210 g/mol. The smallest absolute Gasteiger partial charge is 0.182 e. The van der Waals surface area contributed by atoms with Crippen LogP contribution in [0.1, 0.15) is 10.4 Å². The number of benzene rings is 1. The van der Waals surface area contributed by atoms with Crippen LogP contribution in [0.25, 0.3) is 0 Å². The molecule has 0 amide bonds. The molecule has 1 rings (SSSR count). The number of phenols is 1. The maximum Gasteiger partial charge on any atom is 0.182 e. The summed E-state index contributed by atoms with van der Waals surface area (Å²) in [6.45, 7) is 0. The van der Waals surface area contributed by atoms with Gasteiger partial charge in [-0.2, -0.15) is 0 Å². The predicted molar refractivity (Wildman–Crippen MR) is 52.2 cm³/mol. The molecule has 5 nitrogen and oxygen atoms in total. The van der Waals surface area contributed by atoms with Gasteiger partial charge in [0.25, 0.3) is 0 Å². The summed E-state index contributed by atoms with van der Waals surface area (Å²) in [4.78, 5) is 27.9. The minimum absolute atomic E-state index is 0.0399. The van der Waals surface area contributed by atoms with Crippen molar-refractivity contribution in [2.24, 2.45) is 0 Å². The maximum absolute atomic E-state index is 10.2. The zero-order valence-corrected chi connectivity index (χ0v) is 8.04. The highest BCUT2D eigenvalue weighted by Gasteiger charge is 2.00. The third kappa shape index (κ3) is 4.56. The number of hydrogen-bond donors (Lipinski definition) is 1. The van der Waals surface area contributed by atoms with Crippen LogP contribution in [-0.2, 0) is 9.59 Å². The second kappa shape index (κ2) is 7.25. The number of carbonyl (C=O) groups excluding carboxylic acids is 3. The van der Waals surface area contributed by atoms with Gasteiger partial charge in [0.1, 0.15) is 6.29 Å². The largest absolute Gasteiger partial charge is 0.504 e. The van der Waals surface area contributed by atoms with E-state index in [1.54, 1.807) is 0 Å². The molecule has 1 aromatic carbocycles. The van der Waals surface area contributed by atoms with Gasteiger partial charge in [-0.1, -0.05) is 0 Å². The third-order valence-corrected chi connectivity index (χ3v) is 1.40. The Morgan fingerprint density at radius 2 is 1.80 bits per heavy atom. The van der Waals surface area contributed by atoms with E-state index in [-0.39, 0.29) is 18.3 Å². The predicted octanol–water partition coefficient (Wildman–Crippen LogP) is 0.597. The molecule has 0 saturated heterocycles. The van der Waals surface area contributed by atoms with Crippen molar-refractivity contribution in [1.29, 1.82) is 0 Å². The number of methoxy groups -OCH3 is 1. The van der Waals surface area contributed by atoms with Crippen molar-refractivity contribution >= 4 is 18.9 Å². The van der Waals surface area contributed by atoms with Crippen LogP contribution in [0.4, 0.5) is 0 Å². The molecule has 0 aliphatic carbocycles. The van der Waals surface area contributed by atoms with Crippen LogP contribution >= 0.6 is 0 Å². The molecule has 1 aromatic rings. The Bertz CT molecular complexity index is 340. The van der Waals surface area contributed by atoms with Gasteiger partial charge in [0, 0.05) is 5.56 Å². The van der Waals surface area contributed by atoms with Gasteiger partial charge in [-0.3, -0.25) is 14.4 Å². The number of rotatable bonds is 3. The molecule has 0 atom stereocenters. The van der Waals surface area contributed by atoms with Gasteiger partial charge in [-0.15, -0.1) is 0 Å². The molecule has 0 unspecified atom stereocenters. The molecule has 0 radical (unpaired) electrons. The van der Waals surface area contributed by atoms with E-state index < -0.39 is 0 Å². The van der Waals surface area contributed by atoms with Crippen molar-refractivity contribution in [3.63, 3.8) is 0 Å². The van der Waals surface area contributed by atoms with Crippen LogP contribution in [0, 0.1) is 0 Å². The fraction of sp³-hybridized carbons (Fsp3) is 0.100. The van der Waals surface area contributed by atoms with Gasteiger partial charge in [-0.25, -0.2) is 0 Å². The van der Waals surface area contributed by atoms with Crippen LogP contribution in [0.3, 0.4) is 0 Å². The van der Waals surface area contributed by atoms with E-state index in [0.717, 1.165) is 0 Å². The van der Waals surface area contributed by atoms with Gasteiger partial charge in [-0.05, 0) is 18.2 Å². The lowest BCUT2D eigenvalue weighted by Gasteiger charge is -2.01. The number of carbonyl (C=O) groups is 3. The first-order valence-corrected chi connectivity index (χ1v) is 3.90. The topological polar surface area (TPSA) is 80.7 Å². The zero-order chi connectivity index (χ0) is 11.7. The highest BCUT2D eigenvalue weighted by Crippen LogP contribution is 2.25. The molecule has 0 heterocycles. The Labute approximate surface area is 86.3 Å². The lowest BCUT2D eigenvalue weighted by molar-refractivity contribution is -0.122. The summed E-state index contributed by atoms with van der Waals surface area (Å²) in [6, 6.07) is 4.41. The van der Waals surface area contributed by atoms with Crippen LogP contribution in [0.5, 0.6) is 11.5 Å². The van der Waals surface area contributed by atoms with Crippen molar-refractivity contribution in [2.75, 3.05) is 7.11 Å². The first kappa shape index (κ1) is 12.8. The van der Waals surface area contributed by atoms with E-state index in [0.29, 0.717) is 17.6 Å². The summed E-state index contributed by atoms with van der Waals surface area (Å²) in [5, 5.41) is 9.09. The molecule has 80 valence electrons. The summed E-state index contributed by atoms with van der Waals surface area (Å²) < 4.78 is 4.78. The molecule has 0 fully saturated rings. The van der Waals surface area contributed by atoms with Gasteiger partial charge in [0.15, 0.2) is 24.1 Å². The van der Waals surface area contributed by atoms with E-state index >= 15 is 0 Å². The Hall–Kier alpha value is -2.17. The first-order chi connectivity index (χ1) is 7.19. The quantitative estimate of drug-likeness (QED) is 0.583. The number of phenolic OH excluding ortho intramolecular Hbond substituents is 1.